The monoisotopic (exact) mass is 205 g/mol. The van der Waals surface area contributed by atoms with Crippen LogP contribution in [0.15, 0.2) is 30.3 Å². The summed E-state index contributed by atoms with van der Waals surface area (Å²) < 4.78 is 34.8. The maximum atomic E-state index is 11.6. The average molecular weight is 205 g/mol. The highest BCUT2D eigenvalue weighted by Gasteiger charge is 2.27. The Kier molecular flexibility index (Phi) is 3.91. The summed E-state index contributed by atoms with van der Waals surface area (Å²) >= 11 is 0. The zero-order valence-corrected chi connectivity index (χ0v) is 7.34. The maximum Gasteiger partial charge on any atom is 0.413 e. The van der Waals surface area contributed by atoms with Crippen molar-refractivity contribution in [3.8, 4) is 0 Å². The van der Waals surface area contributed by atoms with E-state index in [-0.39, 0.29) is 6.54 Å². The number of rotatable bonds is 4. The number of hydroxylamine groups is 1. The number of halogens is 3. The molecule has 0 spiro atoms. The fourth-order valence-electron chi connectivity index (χ4n) is 0.863. The highest BCUT2D eigenvalue weighted by atomic mass is 19.4. The molecule has 0 aliphatic heterocycles. The number of alkyl halides is 3. The van der Waals surface area contributed by atoms with Gasteiger partial charge in [-0.25, -0.2) is 0 Å². The third-order valence-corrected chi connectivity index (χ3v) is 1.46. The minimum absolute atomic E-state index is 0.261. The molecular weight excluding hydrogens is 195 g/mol. The van der Waals surface area contributed by atoms with Gasteiger partial charge in [0.25, 0.3) is 0 Å². The van der Waals surface area contributed by atoms with E-state index in [0.717, 1.165) is 5.56 Å². The first-order valence-corrected chi connectivity index (χ1v) is 4.03. The number of benzene rings is 1. The lowest BCUT2D eigenvalue weighted by Crippen LogP contribution is -2.24. The molecule has 0 aliphatic carbocycles. The Balaban J connectivity index is 2.17. The first-order chi connectivity index (χ1) is 6.58. The second-order valence-corrected chi connectivity index (χ2v) is 2.71. The van der Waals surface area contributed by atoms with Crippen LogP contribution in [0.2, 0.25) is 0 Å². The van der Waals surface area contributed by atoms with Gasteiger partial charge in [0.2, 0.25) is 0 Å². The van der Waals surface area contributed by atoms with Crippen LogP contribution in [0.1, 0.15) is 5.56 Å². The molecule has 5 heteroatoms. The summed E-state index contributed by atoms with van der Waals surface area (Å²) in [5, 5.41) is 0. The van der Waals surface area contributed by atoms with E-state index in [4.69, 9.17) is 0 Å². The van der Waals surface area contributed by atoms with Crippen molar-refractivity contribution in [2.75, 3.05) is 6.61 Å². The third kappa shape index (κ3) is 4.84. The molecular formula is C9H10F3NO. The molecule has 1 rings (SSSR count). The predicted octanol–water partition coefficient (Wildman–Crippen LogP) is 2.27. The molecule has 0 radical (unpaired) electrons. The van der Waals surface area contributed by atoms with Gasteiger partial charge < -0.3 is 0 Å². The standard InChI is InChI=1S/C9H10F3NO/c10-9(11,12)7-14-13-6-8-4-2-1-3-5-8/h1-5,13H,6-7H2. The summed E-state index contributed by atoms with van der Waals surface area (Å²) in [4.78, 5) is 4.23. The van der Waals surface area contributed by atoms with E-state index in [9.17, 15) is 13.2 Å². The van der Waals surface area contributed by atoms with Gasteiger partial charge in [-0.15, -0.1) is 0 Å². The van der Waals surface area contributed by atoms with Gasteiger partial charge in [-0.2, -0.15) is 18.7 Å². The van der Waals surface area contributed by atoms with Gasteiger partial charge in [0.1, 0.15) is 0 Å². The highest BCUT2D eigenvalue weighted by molar-refractivity contribution is 5.13. The van der Waals surface area contributed by atoms with E-state index >= 15 is 0 Å². The number of hydrogen-bond donors (Lipinski definition) is 1. The Morgan fingerprint density at radius 1 is 1.14 bits per heavy atom. The summed E-state index contributed by atoms with van der Waals surface area (Å²) in [7, 11) is 0. The largest absolute Gasteiger partial charge is 0.413 e. The molecule has 0 aliphatic rings. The van der Waals surface area contributed by atoms with Crippen LogP contribution < -0.4 is 5.48 Å². The van der Waals surface area contributed by atoms with E-state index in [1.165, 1.54) is 0 Å². The van der Waals surface area contributed by atoms with Crippen LogP contribution in [-0.4, -0.2) is 12.8 Å². The van der Waals surface area contributed by atoms with Crippen LogP contribution in [0.3, 0.4) is 0 Å². The normalized spacial score (nSPS) is 11.6. The van der Waals surface area contributed by atoms with Crippen LogP contribution in [-0.2, 0) is 11.4 Å². The number of nitrogens with one attached hydrogen (secondary N) is 1. The van der Waals surface area contributed by atoms with Crippen molar-refractivity contribution in [1.29, 1.82) is 0 Å². The molecule has 0 saturated carbocycles. The van der Waals surface area contributed by atoms with E-state index in [1.54, 1.807) is 24.3 Å². The van der Waals surface area contributed by atoms with Gasteiger partial charge in [-0.3, -0.25) is 4.84 Å². The van der Waals surface area contributed by atoms with Crippen molar-refractivity contribution in [2.45, 2.75) is 12.7 Å². The first kappa shape index (κ1) is 11.0. The molecule has 0 bridgehead atoms. The van der Waals surface area contributed by atoms with Gasteiger partial charge in [0.15, 0.2) is 6.61 Å². The van der Waals surface area contributed by atoms with Gasteiger partial charge >= 0.3 is 6.18 Å². The van der Waals surface area contributed by atoms with Crippen molar-refractivity contribution < 1.29 is 18.0 Å². The van der Waals surface area contributed by atoms with Crippen LogP contribution >= 0.6 is 0 Å². The predicted molar refractivity (Wildman–Crippen MR) is 45.3 cm³/mol. The Morgan fingerprint density at radius 3 is 2.36 bits per heavy atom. The van der Waals surface area contributed by atoms with Crippen molar-refractivity contribution in [3.63, 3.8) is 0 Å². The van der Waals surface area contributed by atoms with E-state index in [2.05, 4.69) is 10.3 Å². The Hall–Kier alpha value is -1.07. The summed E-state index contributed by atoms with van der Waals surface area (Å²) in [6, 6.07) is 9.04. The molecule has 0 aromatic heterocycles. The molecule has 78 valence electrons. The van der Waals surface area contributed by atoms with Crippen LogP contribution in [0.25, 0.3) is 0 Å². The molecule has 14 heavy (non-hydrogen) atoms. The molecule has 2 nitrogen and oxygen atoms in total. The molecule has 0 heterocycles. The quantitative estimate of drug-likeness (QED) is 0.601. The summed E-state index contributed by atoms with van der Waals surface area (Å²) in [6.45, 7) is -1.02. The SMILES string of the molecule is FC(F)(F)CONCc1ccccc1. The second kappa shape index (κ2) is 4.97. The molecule has 1 N–H and O–H groups in total. The van der Waals surface area contributed by atoms with E-state index in [0.29, 0.717) is 0 Å². The Morgan fingerprint density at radius 2 is 1.79 bits per heavy atom. The third-order valence-electron chi connectivity index (χ3n) is 1.46. The lowest BCUT2D eigenvalue weighted by atomic mass is 10.2. The fourth-order valence-corrected chi connectivity index (χ4v) is 0.863. The van der Waals surface area contributed by atoms with Crippen molar-refractivity contribution >= 4 is 0 Å². The number of hydrogen-bond acceptors (Lipinski definition) is 2. The zero-order valence-electron chi connectivity index (χ0n) is 7.34. The minimum Gasteiger partial charge on any atom is -0.292 e. The van der Waals surface area contributed by atoms with Gasteiger partial charge in [-0.1, -0.05) is 30.3 Å². The summed E-state index contributed by atoms with van der Waals surface area (Å²) in [5.74, 6) is 0. The van der Waals surface area contributed by atoms with Crippen LogP contribution in [0, 0.1) is 0 Å². The van der Waals surface area contributed by atoms with Crippen molar-refractivity contribution in [1.82, 2.24) is 5.48 Å². The van der Waals surface area contributed by atoms with Crippen LogP contribution in [0.5, 0.6) is 0 Å². The van der Waals surface area contributed by atoms with Crippen molar-refractivity contribution in [3.05, 3.63) is 35.9 Å². The molecule has 1 aromatic carbocycles. The first-order valence-electron chi connectivity index (χ1n) is 4.03. The van der Waals surface area contributed by atoms with Gasteiger partial charge in [0.05, 0.1) is 0 Å². The second-order valence-electron chi connectivity index (χ2n) is 2.71. The van der Waals surface area contributed by atoms with E-state index < -0.39 is 12.8 Å². The van der Waals surface area contributed by atoms with Crippen molar-refractivity contribution in [2.24, 2.45) is 0 Å². The molecule has 1 aromatic rings. The maximum absolute atomic E-state index is 11.6. The Bertz CT molecular complexity index is 261. The molecule has 0 saturated heterocycles. The smallest absolute Gasteiger partial charge is 0.292 e. The highest BCUT2D eigenvalue weighted by Crippen LogP contribution is 2.13. The fraction of sp³-hybridized carbons (Fsp3) is 0.333. The van der Waals surface area contributed by atoms with E-state index in [1.807, 2.05) is 6.07 Å². The van der Waals surface area contributed by atoms with Gasteiger partial charge in [0, 0.05) is 6.54 Å². The molecule has 0 atom stereocenters. The molecule has 0 fully saturated rings. The zero-order chi connectivity index (χ0) is 10.4. The molecule has 0 amide bonds. The topological polar surface area (TPSA) is 21.3 Å². The lowest BCUT2D eigenvalue weighted by Gasteiger charge is -2.08. The lowest BCUT2D eigenvalue weighted by molar-refractivity contribution is -0.190. The minimum atomic E-state index is -4.29. The van der Waals surface area contributed by atoms with Crippen LogP contribution in [0.4, 0.5) is 13.2 Å². The summed E-state index contributed by atoms with van der Waals surface area (Å²) in [6.07, 6.45) is -4.29. The summed E-state index contributed by atoms with van der Waals surface area (Å²) in [5.41, 5.74) is 3.11. The molecule has 0 unspecified atom stereocenters. The Labute approximate surface area is 79.6 Å². The average Bonchev–Trinajstić information content (AvgIpc) is 2.13. The van der Waals surface area contributed by atoms with Gasteiger partial charge in [-0.05, 0) is 5.56 Å².